The Bertz CT molecular complexity index is 490. The highest BCUT2D eigenvalue weighted by Gasteiger charge is 2.35. The third-order valence-electron chi connectivity index (χ3n) is 3.43. The monoisotopic (exact) mass is 290 g/mol. The lowest BCUT2D eigenvalue weighted by Crippen LogP contribution is -2.25. The Morgan fingerprint density at radius 2 is 1.95 bits per heavy atom. The number of hydrogen-bond donors (Lipinski definition) is 0. The molecule has 2 aromatic rings. The van der Waals surface area contributed by atoms with Crippen molar-refractivity contribution in [3.8, 4) is 0 Å². The molecule has 1 fully saturated rings. The van der Waals surface area contributed by atoms with Crippen molar-refractivity contribution in [2.45, 2.75) is 23.5 Å². The zero-order chi connectivity index (χ0) is 13.0. The summed E-state index contributed by atoms with van der Waals surface area (Å²) in [7, 11) is 0. The van der Waals surface area contributed by atoms with E-state index in [2.05, 4.69) is 69.6 Å². The van der Waals surface area contributed by atoms with Gasteiger partial charge in [-0.15, -0.1) is 23.5 Å². The fourth-order valence-electron chi connectivity index (χ4n) is 2.45. The topological polar surface area (TPSA) is 17.8 Å². The highest BCUT2D eigenvalue weighted by Crippen LogP contribution is 2.48. The van der Waals surface area contributed by atoms with E-state index in [1.807, 2.05) is 12.5 Å². The van der Waals surface area contributed by atoms with Crippen LogP contribution < -0.4 is 0 Å². The minimum atomic E-state index is 0.330. The van der Waals surface area contributed by atoms with Crippen LogP contribution in [0.3, 0.4) is 0 Å². The zero-order valence-electron chi connectivity index (χ0n) is 10.9. The fraction of sp³-hybridized carbons (Fsp3) is 0.400. The molecule has 100 valence electrons. The Kier molecular flexibility index (Phi) is 4.18. The first-order valence-corrected chi connectivity index (χ1v) is 8.61. The summed E-state index contributed by atoms with van der Waals surface area (Å²) in [5.74, 6) is 2.54. The molecule has 2 heterocycles. The van der Waals surface area contributed by atoms with Crippen LogP contribution in [0.2, 0.25) is 0 Å². The molecule has 1 aliphatic rings. The van der Waals surface area contributed by atoms with Crippen LogP contribution in [0.5, 0.6) is 0 Å². The number of hydrogen-bond acceptors (Lipinski definition) is 3. The number of nitrogens with zero attached hydrogens (tertiary/aromatic N) is 2. The molecule has 1 aliphatic heterocycles. The molecular formula is C15H18N2S2. The Balaban J connectivity index is 1.67. The summed E-state index contributed by atoms with van der Waals surface area (Å²) in [5, 5.41) is 0. The second-order valence-electron chi connectivity index (χ2n) is 4.83. The molecule has 0 N–H and O–H groups in total. The van der Waals surface area contributed by atoms with Crippen LogP contribution in [-0.2, 0) is 13.0 Å². The maximum atomic E-state index is 4.16. The van der Waals surface area contributed by atoms with Gasteiger partial charge in [0.2, 0.25) is 0 Å². The molecule has 2 nitrogen and oxygen atoms in total. The third-order valence-corrected chi connectivity index (χ3v) is 6.93. The molecule has 0 amide bonds. The smallest absolute Gasteiger partial charge is 0.0946 e. The van der Waals surface area contributed by atoms with Gasteiger partial charge in [-0.05, 0) is 18.4 Å². The van der Waals surface area contributed by atoms with Crippen LogP contribution in [0.25, 0.3) is 0 Å². The van der Waals surface area contributed by atoms with Gasteiger partial charge in [-0.25, -0.2) is 4.98 Å². The quantitative estimate of drug-likeness (QED) is 0.836. The molecule has 0 atom stereocenters. The average Bonchev–Trinajstić information content (AvgIpc) is 3.11. The summed E-state index contributed by atoms with van der Waals surface area (Å²) in [6, 6.07) is 10.8. The molecule has 4 heteroatoms. The van der Waals surface area contributed by atoms with Gasteiger partial charge in [0.05, 0.1) is 10.4 Å². The normalized spacial score (nSPS) is 17.7. The Morgan fingerprint density at radius 1 is 1.16 bits per heavy atom. The first-order chi connectivity index (χ1) is 9.36. The van der Waals surface area contributed by atoms with Gasteiger partial charge < -0.3 is 4.57 Å². The van der Waals surface area contributed by atoms with Crippen molar-refractivity contribution in [3.63, 3.8) is 0 Å². The molecule has 0 bridgehead atoms. The summed E-state index contributed by atoms with van der Waals surface area (Å²) in [6.45, 7) is 1.06. The summed E-state index contributed by atoms with van der Waals surface area (Å²) in [6.07, 6.45) is 8.27. The lowest BCUT2D eigenvalue weighted by atomic mass is 10.1. The lowest BCUT2D eigenvalue weighted by Gasteiger charge is -2.27. The second-order valence-corrected chi connectivity index (χ2v) is 8.04. The molecule has 3 rings (SSSR count). The number of aryl methyl sites for hydroxylation is 1. The minimum Gasteiger partial charge on any atom is -0.335 e. The van der Waals surface area contributed by atoms with Crippen molar-refractivity contribution in [3.05, 3.63) is 54.6 Å². The summed E-state index contributed by atoms with van der Waals surface area (Å²) in [4.78, 5) is 4.16. The number of rotatable bonds is 5. The minimum absolute atomic E-state index is 0.330. The van der Waals surface area contributed by atoms with E-state index in [1.165, 1.54) is 23.5 Å². The summed E-state index contributed by atoms with van der Waals surface area (Å²) < 4.78 is 2.55. The van der Waals surface area contributed by atoms with E-state index in [1.54, 1.807) is 0 Å². The Hall–Kier alpha value is -0.870. The van der Waals surface area contributed by atoms with Crippen molar-refractivity contribution in [2.24, 2.45) is 0 Å². The molecule has 0 saturated carbocycles. The van der Waals surface area contributed by atoms with Crippen molar-refractivity contribution in [1.82, 2.24) is 9.55 Å². The zero-order valence-corrected chi connectivity index (χ0v) is 12.5. The molecule has 0 spiro atoms. The van der Waals surface area contributed by atoms with Gasteiger partial charge in [-0.3, -0.25) is 0 Å². The lowest BCUT2D eigenvalue weighted by molar-refractivity contribution is 0.592. The molecule has 0 aliphatic carbocycles. The van der Waals surface area contributed by atoms with Crippen LogP contribution in [0.1, 0.15) is 12.0 Å². The van der Waals surface area contributed by atoms with Crippen LogP contribution in [0, 0.1) is 0 Å². The average molecular weight is 290 g/mol. The van der Waals surface area contributed by atoms with E-state index in [0.29, 0.717) is 4.08 Å². The molecule has 1 saturated heterocycles. The molecular weight excluding hydrogens is 272 g/mol. The number of benzene rings is 1. The molecule has 0 unspecified atom stereocenters. The van der Waals surface area contributed by atoms with Gasteiger partial charge in [0.1, 0.15) is 0 Å². The van der Waals surface area contributed by atoms with Crippen molar-refractivity contribution >= 4 is 23.5 Å². The maximum absolute atomic E-state index is 4.16. The summed E-state index contributed by atoms with van der Waals surface area (Å²) in [5.41, 5.74) is 1.45. The largest absolute Gasteiger partial charge is 0.335 e. The first-order valence-electron chi connectivity index (χ1n) is 6.64. The third kappa shape index (κ3) is 3.37. The van der Waals surface area contributed by atoms with E-state index in [9.17, 15) is 0 Å². The predicted octanol–water partition coefficient (Wildman–Crippen LogP) is 3.69. The Labute approximate surface area is 123 Å². The van der Waals surface area contributed by atoms with Gasteiger partial charge >= 0.3 is 0 Å². The van der Waals surface area contributed by atoms with E-state index in [4.69, 9.17) is 0 Å². The number of aromatic nitrogens is 2. The first kappa shape index (κ1) is 13.1. The standard InChI is InChI=1S/C15H18N2S2/c1-2-4-14(5-3-1)6-7-15(18-10-11-19-15)12-17-9-8-16-13-17/h1-5,8-9,13H,6-7,10-12H2. The SMILES string of the molecule is c1ccc(CCC2(Cn3ccnc3)SCCS2)cc1. The van der Waals surface area contributed by atoms with Crippen LogP contribution >= 0.6 is 23.5 Å². The highest BCUT2D eigenvalue weighted by molar-refractivity contribution is 8.21. The second kappa shape index (κ2) is 6.06. The van der Waals surface area contributed by atoms with Crippen LogP contribution in [-0.4, -0.2) is 25.1 Å². The number of imidazole rings is 1. The van der Waals surface area contributed by atoms with E-state index >= 15 is 0 Å². The summed E-state index contributed by atoms with van der Waals surface area (Å²) >= 11 is 4.24. The molecule has 1 aromatic heterocycles. The van der Waals surface area contributed by atoms with E-state index in [0.717, 1.165) is 13.0 Å². The Morgan fingerprint density at radius 3 is 2.63 bits per heavy atom. The van der Waals surface area contributed by atoms with E-state index < -0.39 is 0 Å². The predicted molar refractivity (Wildman–Crippen MR) is 84.6 cm³/mol. The highest BCUT2D eigenvalue weighted by atomic mass is 32.2. The molecule has 19 heavy (non-hydrogen) atoms. The van der Waals surface area contributed by atoms with Crippen molar-refractivity contribution in [1.29, 1.82) is 0 Å². The van der Waals surface area contributed by atoms with Gasteiger partial charge in [0, 0.05) is 30.4 Å². The van der Waals surface area contributed by atoms with Gasteiger partial charge in [-0.1, -0.05) is 30.3 Å². The van der Waals surface area contributed by atoms with Gasteiger partial charge in [0.15, 0.2) is 0 Å². The van der Waals surface area contributed by atoms with Crippen molar-refractivity contribution < 1.29 is 0 Å². The molecule has 0 radical (unpaired) electrons. The maximum Gasteiger partial charge on any atom is 0.0946 e. The van der Waals surface area contributed by atoms with Crippen molar-refractivity contribution in [2.75, 3.05) is 11.5 Å². The van der Waals surface area contributed by atoms with E-state index in [-0.39, 0.29) is 0 Å². The molecule has 1 aromatic carbocycles. The van der Waals surface area contributed by atoms with Gasteiger partial charge in [-0.2, -0.15) is 0 Å². The van der Waals surface area contributed by atoms with Crippen LogP contribution in [0.4, 0.5) is 0 Å². The fourth-order valence-corrected chi connectivity index (χ4v) is 5.67. The van der Waals surface area contributed by atoms with Crippen LogP contribution in [0.15, 0.2) is 49.1 Å². The van der Waals surface area contributed by atoms with Gasteiger partial charge in [0.25, 0.3) is 0 Å². The number of thioether (sulfide) groups is 2.